The molecule has 0 fully saturated rings. The molecule has 6 heteroatoms. The maximum Gasteiger partial charge on any atom is 0.221 e. The normalized spacial score (nSPS) is 10.3. The third-order valence-electron chi connectivity index (χ3n) is 2.59. The van der Waals surface area contributed by atoms with Crippen molar-refractivity contribution in [1.82, 2.24) is 5.32 Å². The summed E-state index contributed by atoms with van der Waals surface area (Å²) < 4.78 is 27.3. The summed E-state index contributed by atoms with van der Waals surface area (Å²) in [5, 5.41) is 11.3. The van der Waals surface area contributed by atoms with Crippen LogP contribution in [0, 0.1) is 11.6 Å². The zero-order valence-electron chi connectivity index (χ0n) is 10.3. The number of aliphatic hydroxyl groups is 1. The highest BCUT2D eigenvalue weighted by molar-refractivity contribution is 5.76. The van der Waals surface area contributed by atoms with Gasteiger partial charge in [0.1, 0.15) is 17.3 Å². The van der Waals surface area contributed by atoms with E-state index in [-0.39, 0.29) is 30.1 Å². The average Bonchev–Trinajstić information content (AvgIpc) is 2.34. The number of rotatable bonds is 5. The second kappa shape index (κ2) is 6.30. The molecule has 100 valence electrons. The van der Waals surface area contributed by atoms with Crippen LogP contribution >= 0.6 is 0 Å². The molecular weight excluding hydrogens is 242 g/mol. The number of hydrogen-bond acceptors (Lipinski definition) is 3. The van der Waals surface area contributed by atoms with Crippen LogP contribution in [-0.2, 0) is 11.4 Å². The minimum Gasteiger partial charge on any atom is -0.392 e. The summed E-state index contributed by atoms with van der Waals surface area (Å²) in [6.45, 7) is -0.220. The van der Waals surface area contributed by atoms with Crippen LogP contribution in [0.5, 0.6) is 0 Å². The van der Waals surface area contributed by atoms with Crippen molar-refractivity contribution in [3.63, 3.8) is 0 Å². The van der Waals surface area contributed by atoms with E-state index in [4.69, 9.17) is 5.11 Å². The van der Waals surface area contributed by atoms with E-state index in [2.05, 4.69) is 5.32 Å². The van der Waals surface area contributed by atoms with E-state index >= 15 is 0 Å². The molecule has 0 aliphatic rings. The monoisotopic (exact) mass is 258 g/mol. The van der Waals surface area contributed by atoms with Crippen molar-refractivity contribution in [3.05, 3.63) is 29.3 Å². The average molecular weight is 258 g/mol. The summed E-state index contributed by atoms with van der Waals surface area (Å²) in [6.07, 6.45) is 0.146. The Hall–Kier alpha value is -1.69. The Kier molecular flexibility index (Phi) is 5.03. The van der Waals surface area contributed by atoms with E-state index in [0.717, 1.165) is 12.1 Å². The van der Waals surface area contributed by atoms with Crippen LogP contribution in [0.4, 0.5) is 14.5 Å². The van der Waals surface area contributed by atoms with E-state index in [0.29, 0.717) is 0 Å². The van der Waals surface area contributed by atoms with Gasteiger partial charge in [0.2, 0.25) is 5.91 Å². The molecule has 0 atom stereocenters. The van der Waals surface area contributed by atoms with Crippen molar-refractivity contribution in [2.45, 2.75) is 13.0 Å². The van der Waals surface area contributed by atoms with Gasteiger partial charge in [-0.3, -0.25) is 4.79 Å². The van der Waals surface area contributed by atoms with Crippen molar-refractivity contribution in [3.8, 4) is 0 Å². The van der Waals surface area contributed by atoms with Gasteiger partial charge in [-0.05, 0) is 17.7 Å². The smallest absolute Gasteiger partial charge is 0.221 e. The lowest BCUT2D eigenvalue weighted by Crippen LogP contribution is -2.27. The molecule has 0 heterocycles. The fraction of sp³-hybridized carbons (Fsp3) is 0.417. The number of carbonyl (C=O) groups excluding carboxylic acids is 1. The van der Waals surface area contributed by atoms with E-state index in [1.807, 2.05) is 0 Å². The van der Waals surface area contributed by atoms with Crippen molar-refractivity contribution in [1.29, 1.82) is 0 Å². The van der Waals surface area contributed by atoms with Crippen LogP contribution in [0.15, 0.2) is 12.1 Å². The van der Waals surface area contributed by atoms with Gasteiger partial charge in [0.05, 0.1) is 6.61 Å². The van der Waals surface area contributed by atoms with E-state index in [1.165, 1.54) is 19.0 Å². The van der Waals surface area contributed by atoms with Gasteiger partial charge in [0, 0.05) is 27.1 Å². The summed E-state index contributed by atoms with van der Waals surface area (Å²) in [6, 6.07) is 2.16. The maximum atomic E-state index is 13.7. The van der Waals surface area contributed by atoms with E-state index < -0.39 is 18.2 Å². The summed E-state index contributed by atoms with van der Waals surface area (Å²) in [5.74, 6) is -1.70. The minimum absolute atomic E-state index is 0.146. The molecule has 18 heavy (non-hydrogen) atoms. The zero-order chi connectivity index (χ0) is 13.7. The maximum absolute atomic E-state index is 13.7. The Bertz CT molecular complexity index is 415. The Balaban J connectivity index is 2.85. The van der Waals surface area contributed by atoms with Gasteiger partial charge >= 0.3 is 0 Å². The Labute approximate surface area is 104 Å². The SMILES string of the molecule is CNC(=O)CCN(C)c1c(F)cc(CO)cc1F. The van der Waals surface area contributed by atoms with Crippen molar-refractivity contribution < 1.29 is 18.7 Å². The highest BCUT2D eigenvalue weighted by Gasteiger charge is 2.15. The van der Waals surface area contributed by atoms with E-state index in [9.17, 15) is 13.6 Å². The molecule has 0 saturated heterocycles. The number of anilines is 1. The largest absolute Gasteiger partial charge is 0.392 e. The molecule has 0 spiro atoms. The second-order valence-electron chi connectivity index (χ2n) is 3.91. The van der Waals surface area contributed by atoms with Crippen LogP contribution in [0.2, 0.25) is 0 Å². The van der Waals surface area contributed by atoms with E-state index in [1.54, 1.807) is 0 Å². The highest BCUT2D eigenvalue weighted by Crippen LogP contribution is 2.24. The fourth-order valence-corrected chi connectivity index (χ4v) is 1.58. The number of amides is 1. The Morgan fingerprint density at radius 1 is 1.39 bits per heavy atom. The summed E-state index contributed by atoms with van der Waals surface area (Å²) in [5.41, 5.74) is -0.0236. The van der Waals surface area contributed by atoms with Crippen LogP contribution in [0.3, 0.4) is 0 Å². The molecule has 0 unspecified atom stereocenters. The molecule has 1 amide bonds. The number of halogens is 2. The van der Waals surface area contributed by atoms with Gasteiger partial charge in [-0.1, -0.05) is 0 Å². The summed E-state index contributed by atoms with van der Waals surface area (Å²) in [4.78, 5) is 12.4. The summed E-state index contributed by atoms with van der Waals surface area (Å²) >= 11 is 0. The summed E-state index contributed by atoms with van der Waals surface area (Å²) in [7, 11) is 3.00. The molecular formula is C12H16F2N2O2. The molecule has 1 rings (SSSR count). The molecule has 1 aromatic carbocycles. The van der Waals surface area contributed by atoms with Gasteiger partial charge in [0.25, 0.3) is 0 Å². The number of carbonyl (C=O) groups is 1. The van der Waals surface area contributed by atoms with Gasteiger partial charge in [-0.2, -0.15) is 0 Å². The van der Waals surface area contributed by atoms with Crippen molar-refractivity contribution in [2.24, 2.45) is 0 Å². The zero-order valence-corrected chi connectivity index (χ0v) is 10.3. The molecule has 0 aromatic heterocycles. The molecule has 2 N–H and O–H groups in total. The lowest BCUT2D eigenvalue weighted by atomic mass is 10.2. The molecule has 0 aliphatic heterocycles. The number of nitrogens with one attached hydrogen (secondary N) is 1. The molecule has 0 aliphatic carbocycles. The Morgan fingerprint density at radius 2 is 1.94 bits per heavy atom. The van der Waals surface area contributed by atoms with Gasteiger partial charge in [0.15, 0.2) is 0 Å². The third-order valence-corrected chi connectivity index (χ3v) is 2.59. The standard InChI is InChI=1S/C12H16F2N2O2/c1-15-11(18)3-4-16(2)12-9(13)5-8(7-17)6-10(12)14/h5-6,17H,3-4,7H2,1-2H3,(H,15,18). The predicted molar refractivity (Wildman–Crippen MR) is 64.2 cm³/mol. The molecule has 1 aromatic rings. The van der Waals surface area contributed by atoms with Crippen LogP contribution in [0.1, 0.15) is 12.0 Å². The first-order valence-electron chi connectivity index (χ1n) is 5.50. The highest BCUT2D eigenvalue weighted by atomic mass is 19.1. The number of hydrogen-bond donors (Lipinski definition) is 2. The lowest BCUT2D eigenvalue weighted by molar-refractivity contribution is -0.120. The van der Waals surface area contributed by atoms with Crippen LogP contribution in [0.25, 0.3) is 0 Å². The second-order valence-corrected chi connectivity index (χ2v) is 3.91. The molecule has 0 radical (unpaired) electrons. The topological polar surface area (TPSA) is 52.6 Å². The van der Waals surface area contributed by atoms with Crippen LogP contribution < -0.4 is 10.2 Å². The number of nitrogens with zero attached hydrogens (tertiary/aromatic N) is 1. The first-order chi connectivity index (χ1) is 8.49. The number of benzene rings is 1. The van der Waals surface area contributed by atoms with Crippen molar-refractivity contribution in [2.75, 3.05) is 25.5 Å². The number of aliphatic hydroxyl groups excluding tert-OH is 1. The lowest BCUT2D eigenvalue weighted by Gasteiger charge is -2.20. The predicted octanol–water partition coefficient (Wildman–Crippen LogP) is 1.03. The van der Waals surface area contributed by atoms with Gasteiger partial charge in [-0.15, -0.1) is 0 Å². The van der Waals surface area contributed by atoms with Crippen molar-refractivity contribution >= 4 is 11.6 Å². The van der Waals surface area contributed by atoms with Gasteiger partial charge < -0.3 is 15.3 Å². The Morgan fingerprint density at radius 3 is 2.39 bits per heavy atom. The third kappa shape index (κ3) is 3.40. The molecule has 4 nitrogen and oxygen atoms in total. The van der Waals surface area contributed by atoms with Crippen LogP contribution in [-0.4, -0.2) is 31.7 Å². The molecule has 0 saturated carbocycles. The first-order valence-corrected chi connectivity index (χ1v) is 5.50. The molecule has 0 bridgehead atoms. The fourth-order valence-electron chi connectivity index (χ4n) is 1.58. The van der Waals surface area contributed by atoms with Gasteiger partial charge in [-0.25, -0.2) is 8.78 Å². The minimum atomic E-state index is -0.751. The first kappa shape index (κ1) is 14.4. The quantitative estimate of drug-likeness (QED) is 0.829.